The number of aromatic nitrogens is 2. The predicted octanol–water partition coefficient (Wildman–Crippen LogP) is 3.58. The summed E-state index contributed by atoms with van der Waals surface area (Å²) in [4.78, 5) is 24.8. The largest absolute Gasteiger partial charge is 0.357 e. The average molecular weight is 392 g/mol. The van der Waals surface area contributed by atoms with Crippen LogP contribution in [0.4, 0.5) is 5.69 Å². The van der Waals surface area contributed by atoms with Crippen LogP contribution < -0.4 is 5.32 Å². The highest BCUT2D eigenvalue weighted by Crippen LogP contribution is 2.17. The molecule has 3 rings (SSSR count). The van der Waals surface area contributed by atoms with Gasteiger partial charge in [0.05, 0.1) is 29.9 Å². The number of hydrogen-bond acceptors (Lipinski definition) is 4. The molecule has 0 fully saturated rings. The second kappa shape index (κ2) is 9.50. The van der Waals surface area contributed by atoms with Gasteiger partial charge in [-0.3, -0.25) is 10.1 Å². The maximum absolute atomic E-state index is 10.8. The van der Waals surface area contributed by atoms with E-state index >= 15 is 0 Å². The minimum absolute atomic E-state index is 0.0776. The number of aliphatic imine (C=N–C) groups is 1. The Labute approximate surface area is 169 Å². The molecule has 0 unspecified atom stereocenters. The maximum atomic E-state index is 10.8. The van der Waals surface area contributed by atoms with Crippen LogP contribution in [-0.4, -0.2) is 39.3 Å². The van der Waals surface area contributed by atoms with Crippen molar-refractivity contribution in [3.05, 3.63) is 82.3 Å². The number of benzene rings is 2. The van der Waals surface area contributed by atoms with Gasteiger partial charge in [-0.2, -0.15) is 0 Å². The van der Waals surface area contributed by atoms with Gasteiger partial charge in [-0.05, 0) is 18.1 Å². The SMILES string of the molecule is CCNC(=NCc1ccc([N+](=O)[O-])cc1)N(C)Cc1ncc(-c2ccccc2)[nH]1. The van der Waals surface area contributed by atoms with Crippen molar-refractivity contribution in [2.24, 2.45) is 4.99 Å². The molecular weight excluding hydrogens is 368 g/mol. The monoisotopic (exact) mass is 392 g/mol. The number of guanidine groups is 1. The maximum Gasteiger partial charge on any atom is 0.269 e. The van der Waals surface area contributed by atoms with Gasteiger partial charge in [0.2, 0.25) is 0 Å². The van der Waals surface area contributed by atoms with Gasteiger partial charge in [-0.15, -0.1) is 0 Å². The number of nitro benzene ring substituents is 1. The summed E-state index contributed by atoms with van der Waals surface area (Å²) in [6.45, 7) is 3.74. The Morgan fingerprint density at radius 2 is 1.93 bits per heavy atom. The Morgan fingerprint density at radius 1 is 1.21 bits per heavy atom. The third-order valence-corrected chi connectivity index (χ3v) is 4.36. The molecule has 0 aliphatic heterocycles. The number of imidazole rings is 1. The fourth-order valence-electron chi connectivity index (χ4n) is 2.87. The van der Waals surface area contributed by atoms with Crippen molar-refractivity contribution in [2.45, 2.75) is 20.0 Å². The van der Waals surface area contributed by atoms with E-state index in [2.05, 4.69) is 20.3 Å². The summed E-state index contributed by atoms with van der Waals surface area (Å²) in [5, 5.41) is 14.0. The molecule has 150 valence electrons. The molecule has 8 nitrogen and oxygen atoms in total. The summed E-state index contributed by atoms with van der Waals surface area (Å²) in [5.74, 6) is 1.58. The Morgan fingerprint density at radius 3 is 2.59 bits per heavy atom. The van der Waals surface area contributed by atoms with Crippen molar-refractivity contribution in [2.75, 3.05) is 13.6 Å². The zero-order chi connectivity index (χ0) is 20.6. The fourth-order valence-corrected chi connectivity index (χ4v) is 2.87. The van der Waals surface area contributed by atoms with Crippen LogP contribution in [0.3, 0.4) is 0 Å². The van der Waals surface area contributed by atoms with Crippen LogP contribution >= 0.6 is 0 Å². The molecule has 2 aromatic carbocycles. The van der Waals surface area contributed by atoms with Gasteiger partial charge in [0.25, 0.3) is 5.69 Å². The van der Waals surface area contributed by atoms with Gasteiger partial charge in [0.1, 0.15) is 5.82 Å². The number of aromatic amines is 1. The molecule has 0 saturated heterocycles. The molecule has 1 aromatic heterocycles. The Hall–Kier alpha value is -3.68. The smallest absolute Gasteiger partial charge is 0.269 e. The Balaban J connectivity index is 1.67. The molecule has 0 amide bonds. The number of non-ortho nitro benzene ring substituents is 1. The first-order valence-corrected chi connectivity index (χ1v) is 9.39. The standard InChI is InChI=1S/C21H24N6O2/c1-3-22-21(24-13-16-9-11-18(12-10-16)27(28)29)26(2)15-20-23-14-19(25-20)17-7-5-4-6-8-17/h4-12,14H,3,13,15H2,1-2H3,(H,22,24)(H,23,25). The Bertz CT molecular complexity index is 966. The first-order valence-electron chi connectivity index (χ1n) is 9.39. The van der Waals surface area contributed by atoms with E-state index in [0.29, 0.717) is 13.1 Å². The molecule has 0 saturated carbocycles. The van der Waals surface area contributed by atoms with Crippen LogP contribution in [0.25, 0.3) is 11.3 Å². The van der Waals surface area contributed by atoms with Crippen molar-refractivity contribution >= 4 is 11.6 Å². The molecular formula is C21H24N6O2. The van der Waals surface area contributed by atoms with Crippen LogP contribution in [0.2, 0.25) is 0 Å². The van der Waals surface area contributed by atoms with Crippen LogP contribution in [0.1, 0.15) is 18.3 Å². The topological polar surface area (TPSA) is 99.4 Å². The Kier molecular flexibility index (Phi) is 6.57. The first-order chi connectivity index (χ1) is 14.1. The van der Waals surface area contributed by atoms with Crippen molar-refractivity contribution < 1.29 is 4.92 Å². The lowest BCUT2D eigenvalue weighted by Gasteiger charge is -2.21. The van der Waals surface area contributed by atoms with E-state index < -0.39 is 4.92 Å². The summed E-state index contributed by atoms with van der Waals surface area (Å²) in [6.07, 6.45) is 1.83. The summed E-state index contributed by atoms with van der Waals surface area (Å²) in [7, 11) is 1.95. The lowest BCUT2D eigenvalue weighted by Crippen LogP contribution is -2.38. The molecule has 3 aromatic rings. The van der Waals surface area contributed by atoms with E-state index in [1.54, 1.807) is 12.1 Å². The lowest BCUT2D eigenvalue weighted by molar-refractivity contribution is -0.384. The van der Waals surface area contributed by atoms with E-state index in [9.17, 15) is 10.1 Å². The van der Waals surface area contributed by atoms with E-state index in [1.807, 2.05) is 55.4 Å². The zero-order valence-corrected chi connectivity index (χ0v) is 16.5. The van der Waals surface area contributed by atoms with Crippen molar-refractivity contribution in [3.8, 4) is 11.3 Å². The van der Waals surface area contributed by atoms with Crippen molar-refractivity contribution in [3.63, 3.8) is 0 Å². The molecule has 0 spiro atoms. The second-order valence-corrected chi connectivity index (χ2v) is 6.56. The summed E-state index contributed by atoms with van der Waals surface area (Å²) < 4.78 is 0. The molecule has 0 aliphatic rings. The van der Waals surface area contributed by atoms with E-state index in [0.717, 1.165) is 35.1 Å². The number of nitrogens with zero attached hydrogens (tertiary/aromatic N) is 4. The van der Waals surface area contributed by atoms with Gasteiger partial charge in [0, 0.05) is 25.7 Å². The van der Waals surface area contributed by atoms with E-state index in [-0.39, 0.29) is 5.69 Å². The van der Waals surface area contributed by atoms with Crippen LogP contribution in [0.15, 0.2) is 65.8 Å². The number of hydrogen-bond donors (Lipinski definition) is 2. The first kappa shape index (κ1) is 20.1. The molecule has 29 heavy (non-hydrogen) atoms. The average Bonchev–Trinajstić information content (AvgIpc) is 3.20. The summed E-state index contributed by atoms with van der Waals surface area (Å²) in [5.41, 5.74) is 3.05. The van der Waals surface area contributed by atoms with Crippen LogP contribution in [-0.2, 0) is 13.1 Å². The minimum Gasteiger partial charge on any atom is -0.357 e. The fraction of sp³-hybridized carbons (Fsp3) is 0.238. The van der Waals surface area contributed by atoms with Crippen molar-refractivity contribution in [1.29, 1.82) is 0 Å². The number of rotatable bonds is 7. The van der Waals surface area contributed by atoms with Gasteiger partial charge < -0.3 is 15.2 Å². The molecule has 0 aliphatic carbocycles. The number of nitrogens with one attached hydrogen (secondary N) is 2. The van der Waals surface area contributed by atoms with E-state index in [4.69, 9.17) is 0 Å². The highest BCUT2D eigenvalue weighted by molar-refractivity contribution is 5.79. The molecule has 2 N–H and O–H groups in total. The summed E-state index contributed by atoms with van der Waals surface area (Å²) >= 11 is 0. The van der Waals surface area contributed by atoms with Gasteiger partial charge in [-0.25, -0.2) is 9.98 Å². The van der Waals surface area contributed by atoms with Gasteiger partial charge >= 0.3 is 0 Å². The third-order valence-electron chi connectivity index (χ3n) is 4.36. The quantitative estimate of drug-likeness (QED) is 0.277. The lowest BCUT2D eigenvalue weighted by atomic mass is 10.2. The minimum atomic E-state index is -0.405. The molecule has 0 radical (unpaired) electrons. The predicted molar refractivity (Wildman–Crippen MR) is 113 cm³/mol. The van der Waals surface area contributed by atoms with Crippen LogP contribution in [0.5, 0.6) is 0 Å². The highest BCUT2D eigenvalue weighted by Gasteiger charge is 2.10. The van der Waals surface area contributed by atoms with Gasteiger partial charge in [0.15, 0.2) is 5.96 Å². The van der Waals surface area contributed by atoms with Crippen LogP contribution in [0, 0.1) is 10.1 Å². The van der Waals surface area contributed by atoms with E-state index in [1.165, 1.54) is 12.1 Å². The molecule has 1 heterocycles. The summed E-state index contributed by atoms with van der Waals surface area (Å²) in [6, 6.07) is 16.5. The third kappa shape index (κ3) is 5.41. The molecule has 8 heteroatoms. The highest BCUT2D eigenvalue weighted by atomic mass is 16.6. The number of nitro groups is 1. The second-order valence-electron chi connectivity index (χ2n) is 6.56. The zero-order valence-electron chi connectivity index (χ0n) is 16.5. The number of H-pyrrole nitrogens is 1. The molecule has 0 bridgehead atoms. The van der Waals surface area contributed by atoms with Gasteiger partial charge in [-0.1, -0.05) is 42.5 Å². The molecule has 0 atom stereocenters. The normalized spacial score (nSPS) is 11.3. The van der Waals surface area contributed by atoms with Crippen molar-refractivity contribution in [1.82, 2.24) is 20.2 Å².